The molecular weight excluding hydrogens is 244 g/mol. The molecule has 5 heteroatoms. The first-order valence-electron chi connectivity index (χ1n) is 6.43. The first kappa shape index (κ1) is 15.4. The third-order valence-corrected chi connectivity index (χ3v) is 3.75. The first-order chi connectivity index (χ1) is 8.83. The molecule has 0 heterocycles. The number of nitro benzene ring substituents is 1. The van der Waals surface area contributed by atoms with Gasteiger partial charge in [0, 0.05) is 18.0 Å². The highest BCUT2D eigenvalue weighted by Gasteiger charge is 2.23. The monoisotopic (exact) mass is 266 g/mol. The molecule has 0 radical (unpaired) electrons. The molecular formula is C14H22N2O3. The van der Waals surface area contributed by atoms with Crippen LogP contribution in [0.25, 0.3) is 0 Å². The summed E-state index contributed by atoms with van der Waals surface area (Å²) in [5.41, 5.74) is 2.24. The minimum Gasteiger partial charge on any atom is -0.396 e. The topological polar surface area (TPSA) is 75.4 Å². The Labute approximate surface area is 113 Å². The van der Waals surface area contributed by atoms with E-state index in [2.05, 4.69) is 5.32 Å². The Morgan fingerprint density at radius 3 is 2.42 bits per heavy atom. The molecule has 106 valence electrons. The number of aliphatic hydroxyl groups is 1. The molecule has 0 aromatic heterocycles. The van der Waals surface area contributed by atoms with Crippen molar-refractivity contribution in [2.75, 3.05) is 18.5 Å². The fourth-order valence-corrected chi connectivity index (χ4v) is 1.69. The number of aryl methyl sites for hydroxylation is 2. The lowest BCUT2D eigenvalue weighted by Crippen LogP contribution is -2.29. The van der Waals surface area contributed by atoms with Crippen LogP contribution in [0.3, 0.4) is 0 Å². The second-order valence-corrected chi connectivity index (χ2v) is 5.39. The maximum Gasteiger partial charge on any atom is 0.292 e. The van der Waals surface area contributed by atoms with Crippen molar-refractivity contribution < 1.29 is 10.0 Å². The van der Waals surface area contributed by atoms with Crippen LogP contribution in [0.2, 0.25) is 0 Å². The maximum absolute atomic E-state index is 11.1. The summed E-state index contributed by atoms with van der Waals surface area (Å²) < 4.78 is 0. The molecule has 0 bridgehead atoms. The second kappa shape index (κ2) is 6.02. The van der Waals surface area contributed by atoms with E-state index < -0.39 is 0 Å². The highest BCUT2D eigenvalue weighted by molar-refractivity contribution is 5.64. The van der Waals surface area contributed by atoms with Gasteiger partial charge in [0.05, 0.1) is 11.5 Å². The summed E-state index contributed by atoms with van der Waals surface area (Å²) in [7, 11) is 0. The quantitative estimate of drug-likeness (QED) is 0.613. The van der Waals surface area contributed by atoms with E-state index in [0.717, 1.165) is 17.5 Å². The maximum atomic E-state index is 11.1. The fourth-order valence-electron chi connectivity index (χ4n) is 1.69. The van der Waals surface area contributed by atoms with Crippen molar-refractivity contribution in [2.24, 2.45) is 5.41 Å². The molecule has 5 nitrogen and oxygen atoms in total. The molecule has 1 atom stereocenters. The predicted octanol–water partition coefficient (Wildman–Crippen LogP) is 3.03. The third-order valence-electron chi connectivity index (χ3n) is 3.75. The van der Waals surface area contributed by atoms with Crippen LogP contribution in [-0.4, -0.2) is 23.2 Å². The van der Waals surface area contributed by atoms with Gasteiger partial charge in [-0.2, -0.15) is 0 Å². The van der Waals surface area contributed by atoms with E-state index in [-0.39, 0.29) is 22.6 Å². The van der Waals surface area contributed by atoms with E-state index in [9.17, 15) is 15.2 Å². The summed E-state index contributed by atoms with van der Waals surface area (Å²) in [6.45, 7) is 8.28. The van der Waals surface area contributed by atoms with Crippen molar-refractivity contribution in [1.82, 2.24) is 0 Å². The minimum atomic E-state index is -0.378. The number of hydrogen-bond acceptors (Lipinski definition) is 4. The van der Waals surface area contributed by atoms with Gasteiger partial charge >= 0.3 is 0 Å². The van der Waals surface area contributed by atoms with Crippen LogP contribution in [-0.2, 0) is 0 Å². The highest BCUT2D eigenvalue weighted by Crippen LogP contribution is 2.29. The minimum absolute atomic E-state index is 0.0507. The lowest BCUT2D eigenvalue weighted by molar-refractivity contribution is -0.384. The third kappa shape index (κ3) is 3.67. The molecule has 19 heavy (non-hydrogen) atoms. The summed E-state index contributed by atoms with van der Waals surface area (Å²) in [5, 5.41) is 23.5. The molecule has 0 aliphatic carbocycles. The summed E-state index contributed by atoms with van der Waals surface area (Å²) >= 11 is 0. The lowest BCUT2D eigenvalue weighted by Gasteiger charge is -2.26. The van der Waals surface area contributed by atoms with E-state index in [0.29, 0.717) is 12.2 Å². The molecule has 0 fully saturated rings. The Morgan fingerprint density at radius 1 is 1.37 bits per heavy atom. The van der Waals surface area contributed by atoms with Crippen LogP contribution >= 0.6 is 0 Å². The number of aliphatic hydroxyl groups excluding tert-OH is 1. The highest BCUT2D eigenvalue weighted by atomic mass is 16.6. The first-order valence-corrected chi connectivity index (χ1v) is 6.43. The largest absolute Gasteiger partial charge is 0.396 e. The van der Waals surface area contributed by atoms with E-state index in [1.165, 1.54) is 0 Å². The predicted molar refractivity (Wildman–Crippen MR) is 76.5 cm³/mol. The zero-order valence-electron chi connectivity index (χ0n) is 12.0. The number of nitrogens with zero attached hydrogens (tertiary/aromatic N) is 1. The number of anilines is 1. The van der Waals surface area contributed by atoms with Gasteiger partial charge < -0.3 is 10.4 Å². The average Bonchev–Trinajstić information content (AvgIpc) is 2.39. The standard InChI is InChI=1S/C14H22N2O3/c1-5-14(4,9-17)8-15-12-6-10(2)11(3)7-13(12)16(18)19/h6-7,15,17H,5,8-9H2,1-4H3. The molecule has 2 N–H and O–H groups in total. The van der Waals surface area contributed by atoms with Crippen molar-refractivity contribution in [1.29, 1.82) is 0 Å². The van der Waals surface area contributed by atoms with Gasteiger partial charge in [-0.25, -0.2) is 0 Å². The zero-order chi connectivity index (χ0) is 14.6. The summed E-state index contributed by atoms with van der Waals surface area (Å²) in [4.78, 5) is 10.7. The number of nitrogens with one attached hydrogen (secondary N) is 1. The molecule has 1 unspecified atom stereocenters. The Morgan fingerprint density at radius 2 is 1.95 bits per heavy atom. The van der Waals surface area contributed by atoms with E-state index >= 15 is 0 Å². The van der Waals surface area contributed by atoms with Crippen LogP contribution in [0.15, 0.2) is 12.1 Å². The van der Waals surface area contributed by atoms with Gasteiger partial charge in [0.1, 0.15) is 5.69 Å². The van der Waals surface area contributed by atoms with E-state index in [4.69, 9.17) is 0 Å². The normalized spacial score (nSPS) is 13.9. The lowest BCUT2D eigenvalue weighted by atomic mass is 9.88. The van der Waals surface area contributed by atoms with Crippen molar-refractivity contribution in [3.05, 3.63) is 33.4 Å². The molecule has 0 saturated carbocycles. The Bertz CT molecular complexity index is 468. The Kier molecular flexibility index (Phi) is 4.89. The van der Waals surface area contributed by atoms with Gasteiger partial charge in [0.2, 0.25) is 0 Å². The summed E-state index contributed by atoms with van der Waals surface area (Å²) in [6, 6.07) is 3.38. The van der Waals surface area contributed by atoms with Gasteiger partial charge in [-0.15, -0.1) is 0 Å². The molecule has 0 amide bonds. The van der Waals surface area contributed by atoms with E-state index in [1.54, 1.807) is 12.1 Å². The van der Waals surface area contributed by atoms with Crippen LogP contribution in [0.5, 0.6) is 0 Å². The summed E-state index contributed by atoms with van der Waals surface area (Å²) in [6.07, 6.45) is 0.801. The van der Waals surface area contributed by atoms with Crippen LogP contribution < -0.4 is 5.32 Å². The molecule has 0 spiro atoms. The molecule has 0 aliphatic heterocycles. The zero-order valence-corrected chi connectivity index (χ0v) is 12.0. The SMILES string of the molecule is CCC(C)(CO)CNc1cc(C)c(C)cc1[N+](=O)[O-]. The number of nitro groups is 1. The van der Waals surface area contributed by atoms with Gasteiger partial charge in [-0.3, -0.25) is 10.1 Å². The summed E-state index contributed by atoms with van der Waals surface area (Å²) in [5.74, 6) is 0. The average molecular weight is 266 g/mol. The van der Waals surface area contributed by atoms with Crippen LogP contribution in [0, 0.1) is 29.4 Å². The van der Waals surface area contributed by atoms with Crippen molar-refractivity contribution in [2.45, 2.75) is 34.1 Å². The van der Waals surface area contributed by atoms with Crippen LogP contribution in [0.4, 0.5) is 11.4 Å². The van der Waals surface area contributed by atoms with Gasteiger partial charge in [0.15, 0.2) is 0 Å². The molecule has 1 rings (SSSR count). The van der Waals surface area contributed by atoms with Gasteiger partial charge in [0.25, 0.3) is 5.69 Å². The van der Waals surface area contributed by atoms with Crippen molar-refractivity contribution in [3.63, 3.8) is 0 Å². The number of rotatable bonds is 6. The molecule has 1 aromatic rings. The van der Waals surface area contributed by atoms with Gasteiger partial charge in [-0.1, -0.05) is 13.8 Å². The molecule has 1 aromatic carbocycles. The Hall–Kier alpha value is -1.62. The van der Waals surface area contributed by atoms with E-state index in [1.807, 2.05) is 27.7 Å². The molecule has 0 saturated heterocycles. The van der Waals surface area contributed by atoms with Gasteiger partial charge in [-0.05, 0) is 37.5 Å². The Balaban J connectivity index is 3.00. The van der Waals surface area contributed by atoms with Crippen LogP contribution in [0.1, 0.15) is 31.4 Å². The smallest absolute Gasteiger partial charge is 0.292 e. The fraction of sp³-hybridized carbons (Fsp3) is 0.571. The number of benzene rings is 1. The van der Waals surface area contributed by atoms with Crippen molar-refractivity contribution >= 4 is 11.4 Å². The van der Waals surface area contributed by atoms with Crippen molar-refractivity contribution in [3.8, 4) is 0 Å². The molecule has 0 aliphatic rings. The second-order valence-electron chi connectivity index (χ2n) is 5.39. The number of hydrogen-bond donors (Lipinski definition) is 2.